The molecule has 0 aliphatic rings. The number of ketones is 2. The van der Waals surface area contributed by atoms with Gasteiger partial charge in [-0.15, -0.1) is 0 Å². The first-order valence-corrected chi connectivity index (χ1v) is 5.84. The Morgan fingerprint density at radius 1 is 1.06 bits per heavy atom. The molecule has 92 valence electrons. The normalized spacial score (nSPS) is 12.1. The fourth-order valence-electron chi connectivity index (χ4n) is 2.07. The number of aromatic nitrogens is 1. The highest BCUT2D eigenvalue weighted by Gasteiger charge is 2.19. The molecule has 0 radical (unpaired) electrons. The van der Waals surface area contributed by atoms with Gasteiger partial charge in [0.1, 0.15) is 5.78 Å². The highest BCUT2D eigenvalue weighted by Crippen LogP contribution is 2.24. The molecule has 2 aromatic rings. The van der Waals surface area contributed by atoms with Gasteiger partial charge >= 0.3 is 0 Å². The predicted octanol–water partition coefficient (Wildman–Crippen LogP) is 2.94. The first-order chi connectivity index (χ1) is 8.59. The molecule has 0 aliphatic carbocycles. The van der Waals surface area contributed by atoms with Gasteiger partial charge in [0.2, 0.25) is 0 Å². The zero-order valence-electron chi connectivity index (χ0n) is 10.4. The molecule has 1 heterocycles. The molecule has 0 saturated carbocycles. The summed E-state index contributed by atoms with van der Waals surface area (Å²) in [5.41, 5.74) is 2.43. The van der Waals surface area contributed by atoms with E-state index in [2.05, 4.69) is 4.98 Å². The van der Waals surface area contributed by atoms with Crippen molar-refractivity contribution in [3.8, 4) is 0 Å². The topological polar surface area (TPSA) is 49.9 Å². The number of aromatic amines is 1. The molecule has 3 heteroatoms. The van der Waals surface area contributed by atoms with Gasteiger partial charge < -0.3 is 4.98 Å². The fraction of sp³-hybridized carbons (Fsp3) is 0.200. The van der Waals surface area contributed by atoms with Crippen LogP contribution in [-0.2, 0) is 4.79 Å². The van der Waals surface area contributed by atoms with Gasteiger partial charge in [0.15, 0.2) is 5.78 Å². The Hall–Kier alpha value is -2.16. The first kappa shape index (κ1) is 12.3. The van der Waals surface area contributed by atoms with E-state index >= 15 is 0 Å². The van der Waals surface area contributed by atoms with Crippen molar-refractivity contribution in [1.82, 2.24) is 4.98 Å². The van der Waals surface area contributed by atoms with E-state index in [1.807, 2.05) is 24.3 Å². The van der Waals surface area contributed by atoms with Crippen LogP contribution in [0.2, 0.25) is 0 Å². The molecule has 0 saturated heterocycles. The number of Topliss-reactive ketones (excluding diaryl/α,β-unsaturated/α-hetero) is 2. The molecular weight excluding hydrogens is 226 g/mol. The number of benzene rings is 1. The lowest BCUT2D eigenvalue weighted by Gasteiger charge is -2.13. The molecule has 3 nitrogen and oxygen atoms in total. The van der Waals surface area contributed by atoms with Crippen molar-refractivity contribution < 1.29 is 9.59 Å². The highest BCUT2D eigenvalue weighted by molar-refractivity contribution is 5.94. The van der Waals surface area contributed by atoms with E-state index in [0.29, 0.717) is 5.56 Å². The van der Waals surface area contributed by atoms with Gasteiger partial charge in [0, 0.05) is 17.5 Å². The summed E-state index contributed by atoms with van der Waals surface area (Å²) in [6.45, 7) is 3.10. The minimum Gasteiger partial charge on any atom is -0.364 e. The third-order valence-corrected chi connectivity index (χ3v) is 2.99. The zero-order chi connectivity index (χ0) is 13.1. The second-order valence-corrected chi connectivity index (χ2v) is 4.35. The lowest BCUT2D eigenvalue weighted by molar-refractivity contribution is -0.117. The van der Waals surface area contributed by atoms with E-state index in [4.69, 9.17) is 0 Å². The van der Waals surface area contributed by atoms with Crippen molar-refractivity contribution in [1.29, 1.82) is 0 Å². The highest BCUT2D eigenvalue weighted by atomic mass is 16.1. The third-order valence-electron chi connectivity index (χ3n) is 2.99. The number of nitrogens with one attached hydrogen (secondary N) is 1. The lowest BCUT2D eigenvalue weighted by atomic mass is 9.91. The first-order valence-electron chi connectivity index (χ1n) is 5.84. The van der Waals surface area contributed by atoms with Crippen molar-refractivity contribution in [2.45, 2.75) is 19.8 Å². The monoisotopic (exact) mass is 241 g/mol. The maximum absolute atomic E-state index is 11.8. The summed E-state index contributed by atoms with van der Waals surface area (Å²) >= 11 is 0. The van der Waals surface area contributed by atoms with Crippen LogP contribution < -0.4 is 0 Å². The van der Waals surface area contributed by atoms with Gasteiger partial charge in [-0.05, 0) is 31.5 Å². The molecule has 0 fully saturated rings. The van der Waals surface area contributed by atoms with Crippen LogP contribution in [0.25, 0.3) is 0 Å². The van der Waals surface area contributed by atoms with E-state index in [1.165, 1.54) is 6.92 Å². The molecule has 1 aromatic heterocycles. The van der Waals surface area contributed by atoms with Crippen LogP contribution in [-0.4, -0.2) is 16.6 Å². The molecule has 0 spiro atoms. The standard InChI is InChI=1S/C15H15NO2/c1-10(17)12-5-7-13(8-6-12)15(11(2)18)14-4-3-9-16-14/h3-9,15-16H,1-2H3. The van der Waals surface area contributed by atoms with E-state index in [1.54, 1.807) is 25.3 Å². The Labute approximate surface area is 106 Å². The molecule has 1 atom stereocenters. The average Bonchev–Trinajstić information content (AvgIpc) is 2.83. The summed E-state index contributed by atoms with van der Waals surface area (Å²) in [6, 6.07) is 11.0. The quantitative estimate of drug-likeness (QED) is 0.837. The summed E-state index contributed by atoms with van der Waals surface area (Å²) < 4.78 is 0. The summed E-state index contributed by atoms with van der Waals surface area (Å²) in [7, 11) is 0. The molecule has 0 bridgehead atoms. The SMILES string of the molecule is CC(=O)c1ccc(C(C(C)=O)c2ccc[nH]2)cc1. The molecule has 1 aromatic carbocycles. The Morgan fingerprint density at radius 2 is 1.72 bits per heavy atom. The summed E-state index contributed by atoms with van der Waals surface area (Å²) in [5.74, 6) is -0.185. The van der Waals surface area contributed by atoms with Crippen LogP contribution in [0.1, 0.15) is 41.4 Å². The largest absolute Gasteiger partial charge is 0.364 e. The van der Waals surface area contributed by atoms with E-state index in [9.17, 15) is 9.59 Å². The zero-order valence-corrected chi connectivity index (χ0v) is 10.4. The van der Waals surface area contributed by atoms with E-state index in [-0.39, 0.29) is 17.5 Å². The second-order valence-electron chi connectivity index (χ2n) is 4.35. The van der Waals surface area contributed by atoms with Crippen molar-refractivity contribution in [2.75, 3.05) is 0 Å². The van der Waals surface area contributed by atoms with Crippen molar-refractivity contribution in [3.63, 3.8) is 0 Å². The van der Waals surface area contributed by atoms with Crippen molar-refractivity contribution >= 4 is 11.6 Å². The van der Waals surface area contributed by atoms with Gasteiger partial charge in [0.25, 0.3) is 0 Å². The minimum atomic E-state index is -0.291. The van der Waals surface area contributed by atoms with Crippen LogP contribution in [0.3, 0.4) is 0 Å². The third kappa shape index (κ3) is 2.40. The van der Waals surface area contributed by atoms with Gasteiger partial charge in [0.05, 0.1) is 5.92 Å². The molecule has 0 aliphatic heterocycles. The molecule has 1 N–H and O–H groups in total. The molecular formula is C15H15NO2. The van der Waals surface area contributed by atoms with E-state index < -0.39 is 0 Å². The van der Waals surface area contributed by atoms with Crippen LogP contribution in [0, 0.1) is 0 Å². The molecule has 1 unspecified atom stereocenters. The average molecular weight is 241 g/mol. The number of carbonyl (C=O) groups excluding carboxylic acids is 2. The second kappa shape index (κ2) is 5.00. The van der Waals surface area contributed by atoms with Gasteiger partial charge in [-0.1, -0.05) is 24.3 Å². The van der Waals surface area contributed by atoms with Gasteiger partial charge in [-0.3, -0.25) is 9.59 Å². The molecule has 18 heavy (non-hydrogen) atoms. The van der Waals surface area contributed by atoms with E-state index in [0.717, 1.165) is 11.3 Å². The summed E-state index contributed by atoms with van der Waals surface area (Å²) in [6.07, 6.45) is 1.80. The van der Waals surface area contributed by atoms with Crippen molar-refractivity contribution in [2.24, 2.45) is 0 Å². The maximum atomic E-state index is 11.8. The lowest BCUT2D eigenvalue weighted by Crippen LogP contribution is -2.11. The minimum absolute atomic E-state index is 0.0285. The van der Waals surface area contributed by atoms with Crippen LogP contribution in [0.15, 0.2) is 42.6 Å². The Morgan fingerprint density at radius 3 is 2.17 bits per heavy atom. The maximum Gasteiger partial charge on any atom is 0.159 e. The van der Waals surface area contributed by atoms with Crippen LogP contribution in [0.4, 0.5) is 0 Å². The number of H-pyrrole nitrogens is 1. The van der Waals surface area contributed by atoms with Gasteiger partial charge in [-0.25, -0.2) is 0 Å². The Kier molecular flexibility index (Phi) is 3.42. The number of hydrogen-bond donors (Lipinski definition) is 1. The predicted molar refractivity (Wildman–Crippen MR) is 69.8 cm³/mol. The smallest absolute Gasteiger partial charge is 0.159 e. The fourth-order valence-corrected chi connectivity index (χ4v) is 2.07. The Balaban J connectivity index is 2.38. The molecule has 0 amide bonds. The Bertz CT molecular complexity index is 553. The number of rotatable bonds is 4. The molecule has 2 rings (SSSR count). The van der Waals surface area contributed by atoms with Crippen LogP contribution >= 0.6 is 0 Å². The summed E-state index contributed by atoms with van der Waals surface area (Å²) in [5, 5.41) is 0. The van der Waals surface area contributed by atoms with Crippen molar-refractivity contribution in [3.05, 3.63) is 59.4 Å². The van der Waals surface area contributed by atoms with Crippen LogP contribution in [0.5, 0.6) is 0 Å². The number of hydrogen-bond acceptors (Lipinski definition) is 2. The summed E-state index contributed by atoms with van der Waals surface area (Å²) in [4.78, 5) is 26.1. The van der Waals surface area contributed by atoms with Gasteiger partial charge in [-0.2, -0.15) is 0 Å². The number of carbonyl (C=O) groups is 2.